The van der Waals surface area contributed by atoms with Crippen molar-refractivity contribution in [2.24, 2.45) is 0 Å². The van der Waals surface area contributed by atoms with Crippen molar-refractivity contribution in [3.8, 4) is 0 Å². The topological polar surface area (TPSA) is 109 Å². The Morgan fingerprint density at radius 2 is 2.10 bits per heavy atom. The number of nitrogens with zero attached hydrogens (tertiary/aromatic N) is 2. The summed E-state index contributed by atoms with van der Waals surface area (Å²) in [6.45, 7) is -0.192. The Balaban J connectivity index is 0.000001000. The van der Waals surface area contributed by atoms with Crippen LogP contribution in [0.15, 0.2) is 17.1 Å². The first-order chi connectivity index (χ1) is 8.70. The zero-order valence-corrected chi connectivity index (χ0v) is 24.8. The first-order valence-corrected chi connectivity index (χ1v) is 6.19. The summed E-state index contributed by atoms with van der Waals surface area (Å²) in [5.41, 5.74) is 4.91. The van der Waals surface area contributed by atoms with Crippen LogP contribution in [0.5, 0.6) is 0 Å². The van der Waals surface area contributed by atoms with Gasteiger partial charge in [-0.3, -0.25) is 4.57 Å². The summed E-state index contributed by atoms with van der Waals surface area (Å²) in [7, 11) is -0.110. The largest absolute Gasteiger partial charge is 1.00 e. The van der Waals surface area contributed by atoms with E-state index in [2.05, 4.69) is 4.98 Å². The van der Waals surface area contributed by atoms with Gasteiger partial charge in [0.15, 0.2) is 6.23 Å². The zero-order chi connectivity index (χ0) is 12.7. The minimum Gasteiger partial charge on any atom is -0.581 e. The molecule has 97 valence electrons. The SMILES string of the molecule is Nc1ccn([C@@H]2O[C@H](CO)[C@H]3O[Si-]O[C@H]32)c(=O)n1.[Cs+].[Cs+]. The van der Waals surface area contributed by atoms with E-state index in [0.29, 0.717) is 0 Å². The molecule has 0 aromatic carbocycles. The molecule has 0 unspecified atom stereocenters. The van der Waals surface area contributed by atoms with Crippen molar-refractivity contribution < 1.29 is 156 Å². The van der Waals surface area contributed by atoms with Gasteiger partial charge >= 0.3 is 143 Å². The molecule has 11 heteroatoms. The van der Waals surface area contributed by atoms with Gasteiger partial charge < -0.3 is 24.4 Å². The van der Waals surface area contributed by atoms with Gasteiger partial charge in [-0.15, -0.1) is 0 Å². The quantitative estimate of drug-likeness (QED) is 0.363. The number of aliphatic hydroxyl groups excluding tert-OH is 1. The molecular formula is C9H11Cs2N3O5Si+. The van der Waals surface area contributed by atoms with E-state index in [1.165, 1.54) is 16.8 Å². The molecule has 2 aliphatic heterocycles. The normalized spacial score (nSPS) is 31.2. The summed E-state index contributed by atoms with van der Waals surface area (Å²) < 4.78 is 17.6. The second-order valence-corrected chi connectivity index (χ2v) is 4.68. The first kappa shape index (κ1) is 20.9. The van der Waals surface area contributed by atoms with Gasteiger partial charge in [0.1, 0.15) is 11.9 Å². The minimum atomic E-state index is -0.650. The van der Waals surface area contributed by atoms with E-state index in [-0.39, 0.29) is 166 Å². The number of anilines is 1. The molecule has 2 fully saturated rings. The summed E-state index contributed by atoms with van der Waals surface area (Å²) in [6, 6.07) is 1.50. The van der Waals surface area contributed by atoms with Crippen molar-refractivity contribution in [3.63, 3.8) is 0 Å². The van der Waals surface area contributed by atoms with Crippen molar-refractivity contribution in [1.82, 2.24) is 9.55 Å². The summed E-state index contributed by atoms with van der Waals surface area (Å²) in [6.07, 6.45) is -0.426. The van der Waals surface area contributed by atoms with Crippen LogP contribution >= 0.6 is 0 Å². The van der Waals surface area contributed by atoms with Gasteiger partial charge in [0, 0.05) is 6.20 Å². The zero-order valence-electron chi connectivity index (χ0n) is 11.2. The molecule has 3 N–H and O–H groups in total. The van der Waals surface area contributed by atoms with Crippen LogP contribution in [-0.4, -0.2) is 49.6 Å². The molecule has 4 atom stereocenters. The fourth-order valence-corrected chi connectivity index (χ4v) is 2.92. The van der Waals surface area contributed by atoms with Crippen molar-refractivity contribution in [2.75, 3.05) is 12.3 Å². The average Bonchev–Trinajstić information content (AvgIpc) is 2.91. The number of fused-ring (bicyclic) bond motifs is 1. The molecule has 3 rings (SSSR count). The fourth-order valence-electron chi connectivity index (χ4n) is 2.11. The van der Waals surface area contributed by atoms with Gasteiger partial charge in [0.25, 0.3) is 0 Å². The predicted molar refractivity (Wildman–Crippen MR) is 59.4 cm³/mol. The van der Waals surface area contributed by atoms with E-state index in [1.54, 1.807) is 0 Å². The van der Waals surface area contributed by atoms with E-state index in [1.807, 2.05) is 0 Å². The van der Waals surface area contributed by atoms with Crippen LogP contribution in [-0.2, 0) is 13.6 Å². The van der Waals surface area contributed by atoms with E-state index in [0.717, 1.165) is 0 Å². The van der Waals surface area contributed by atoms with Crippen molar-refractivity contribution >= 4 is 15.8 Å². The Morgan fingerprint density at radius 3 is 2.75 bits per heavy atom. The molecule has 0 bridgehead atoms. The van der Waals surface area contributed by atoms with Gasteiger partial charge in [-0.2, -0.15) is 4.98 Å². The van der Waals surface area contributed by atoms with Crippen LogP contribution in [0.1, 0.15) is 6.23 Å². The second-order valence-electron chi connectivity index (χ2n) is 4.04. The van der Waals surface area contributed by atoms with Gasteiger partial charge in [-0.05, 0) is 6.07 Å². The third kappa shape index (κ3) is 4.27. The molecular weight excluding hydrogens is 524 g/mol. The molecule has 2 saturated heterocycles. The van der Waals surface area contributed by atoms with Gasteiger partial charge in [0.2, 0.25) is 0 Å². The number of ether oxygens (including phenoxy) is 1. The number of nitrogens with two attached hydrogens (primary N) is 1. The smallest absolute Gasteiger partial charge is 0.581 e. The Morgan fingerprint density at radius 1 is 1.40 bits per heavy atom. The molecule has 1 aromatic rings. The summed E-state index contributed by atoms with van der Waals surface area (Å²) in [5, 5.41) is 9.21. The third-order valence-corrected chi connectivity index (χ3v) is 3.70. The number of hydrogen-bond acceptors (Lipinski definition) is 7. The van der Waals surface area contributed by atoms with Crippen LogP contribution in [0.25, 0.3) is 0 Å². The van der Waals surface area contributed by atoms with Gasteiger partial charge in [0.05, 0.1) is 18.8 Å². The van der Waals surface area contributed by atoms with Crippen molar-refractivity contribution in [1.29, 1.82) is 0 Å². The monoisotopic (exact) mass is 535 g/mol. The van der Waals surface area contributed by atoms with Crippen LogP contribution in [0.3, 0.4) is 0 Å². The standard InChI is InChI=1S/C9H11N3O5Si.2Cs/c10-5-1-2-12(9(14)11-5)8-7-6(16-18-17-7)4(3-13)15-8;;/h1-2,4,6-8,13H,3H2,(H2,10,11,14);;/q-1;2*+1/t4-,6-,7-,8-;;/m1../s1. The van der Waals surface area contributed by atoms with Crippen LogP contribution < -0.4 is 149 Å². The number of hydrogen-bond donors (Lipinski definition) is 2. The molecule has 1 aromatic heterocycles. The number of nitrogen functional groups attached to an aromatic ring is 1. The summed E-state index contributed by atoms with van der Waals surface area (Å²) in [5.74, 6) is 0.148. The average molecular weight is 535 g/mol. The maximum atomic E-state index is 11.7. The molecule has 3 heterocycles. The Bertz CT molecular complexity index is 519. The first-order valence-electron chi connectivity index (χ1n) is 5.38. The van der Waals surface area contributed by atoms with E-state index < -0.39 is 24.1 Å². The third-order valence-electron chi connectivity index (χ3n) is 2.96. The minimum absolute atomic E-state index is 0. The molecule has 8 nitrogen and oxygen atoms in total. The molecule has 0 aliphatic carbocycles. The van der Waals surface area contributed by atoms with Crippen molar-refractivity contribution in [3.05, 3.63) is 22.7 Å². The van der Waals surface area contributed by atoms with E-state index in [9.17, 15) is 9.90 Å². The Hall–Kier alpha value is 2.84. The van der Waals surface area contributed by atoms with Gasteiger partial charge in [-0.25, -0.2) is 4.79 Å². The van der Waals surface area contributed by atoms with E-state index in [4.69, 9.17) is 19.3 Å². The Labute approximate surface area is 235 Å². The maximum Gasteiger partial charge on any atom is 1.00 e. The molecule has 2 aliphatic rings. The fraction of sp³-hybridized carbons (Fsp3) is 0.556. The molecule has 0 saturated carbocycles. The van der Waals surface area contributed by atoms with Crippen LogP contribution in [0.4, 0.5) is 5.82 Å². The second kappa shape index (κ2) is 9.36. The van der Waals surface area contributed by atoms with Crippen LogP contribution in [0, 0.1) is 0 Å². The number of aliphatic hydroxyl groups is 1. The summed E-state index contributed by atoms with van der Waals surface area (Å²) >= 11 is 0. The number of aromatic nitrogens is 2. The number of rotatable bonds is 2. The molecule has 0 amide bonds. The predicted octanol–water partition coefficient (Wildman–Crippen LogP) is -7.96. The Kier molecular flexibility index (Phi) is 9.77. The summed E-state index contributed by atoms with van der Waals surface area (Å²) in [4.78, 5) is 15.4. The molecule has 1 radical (unpaired) electrons. The van der Waals surface area contributed by atoms with Gasteiger partial charge in [-0.1, -0.05) is 10.0 Å². The molecule has 20 heavy (non-hydrogen) atoms. The molecule has 0 spiro atoms. The maximum absolute atomic E-state index is 11.7. The van der Waals surface area contributed by atoms with Crippen molar-refractivity contribution in [2.45, 2.75) is 24.5 Å². The van der Waals surface area contributed by atoms with E-state index >= 15 is 0 Å². The van der Waals surface area contributed by atoms with Crippen LogP contribution in [0.2, 0.25) is 0 Å².